The summed E-state index contributed by atoms with van der Waals surface area (Å²) in [5.41, 5.74) is 0.951. The van der Waals surface area contributed by atoms with Gasteiger partial charge in [0, 0.05) is 6.20 Å². The van der Waals surface area contributed by atoms with Gasteiger partial charge in [0.25, 0.3) is 0 Å². The SMILES string of the molecule is CC(C)(C)/C=C/NC(=O)Nc1ccccc1C#N. The number of nitrogens with zero attached hydrogens (tertiary/aromatic N) is 1. The molecule has 2 amide bonds. The third kappa shape index (κ3) is 4.71. The Morgan fingerprint density at radius 2 is 2.00 bits per heavy atom. The summed E-state index contributed by atoms with van der Waals surface area (Å²) in [5.74, 6) is 0. The fourth-order valence-corrected chi connectivity index (χ4v) is 1.22. The van der Waals surface area contributed by atoms with Gasteiger partial charge in [0.1, 0.15) is 6.07 Å². The van der Waals surface area contributed by atoms with Gasteiger partial charge in [-0.25, -0.2) is 4.79 Å². The Kier molecular flexibility index (Phi) is 4.50. The van der Waals surface area contributed by atoms with E-state index in [4.69, 9.17) is 5.26 Å². The van der Waals surface area contributed by atoms with Gasteiger partial charge in [-0.15, -0.1) is 0 Å². The fraction of sp³-hybridized carbons (Fsp3) is 0.286. The second-order valence-corrected chi connectivity index (χ2v) is 4.96. The Hall–Kier alpha value is -2.28. The quantitative estimate of drug-likeness (QED) is 0.837. The summed E-state index contributed by atoms with van der Waals surface area (Å²) in [6.45, 7) is 6.11. The second kappa shape index (κ2) is 5.87. The van der Waals surface area contributed by atoms with Crippen molar-refractivity contribution in [2.24, 2.45) is 5.41 Å². The topological polar surface area (TPSA) is 64.9 Å². The van der Waals surface area contributed by atoms with Crippen LogP contribution in [-0.4, -0.2) is 6.03 Å². The molecule has 0 spiro atoms. The van der Waals surface area contributed by atoms with Crippen molar-refractivity contribution in [1.29, 1.82) is 5.26 Å². The number of amides is 2. The highest BCUT2D eigenvalue weighted by molar-refractivity contribution is 5.91. The molecule has 0 atom stereocenters. The van der Waals surface area contributed by atoms with Crippen molar-refractivity contribution in [3.8, 4) is 6.07 Å². The van der Waals surface area contributed by atoms with Crippen molar-refractivity contribution in [2.45, 2.75) is 20.8 Å². The van der Waals surface area contributed by atoms with E-state index in [1.807, 2.05) is 32.9 Å². The predicted molar refractivity (Wildman–Crippen MR) is 71.9 cm³/mol. The third-order valence-electron chi connectivity index (χ3n) is 2.09. The molecule has 0 bridgehead atoms. The molecule has 0 aliphatic rings. The van der Waals surface area contributed by atoms with Gasteiger partial charge in [0.2, 0.25) is 0 Å². The first-order chi connectivity index (χ1) is 8.42. The van der Waals surface area contributed by atoms with Crippen LogP contribution in [0.4, 0.5) is 10.5 Å². The maximum absolute atomic E-state index is 11.6. The number of hydrogen-bond acceptors (Lipinski definition) is 2. The van der Waals surface area contributed by atoms with Crippen LogP contribution < -0.4 is 10.6 Å². The van der Waals surface area contributed by atoms with Crippen LogP contribution in [0.5, 0.6) is 0 Å². The van der Waals surface area contributed by atoms with E-state index in [2.05, 4.69) is 10.6 Å². The largest absolute Gasteiger partial charge is 0.323 e. The van der Waals surface area contributed by atoms with Crippen molar-refractivity contribution in [3.05, 3.63) is 42.1 Å². The number of urea groups is 1. The van der Waals surface area contributed by atoms with E-state index in [0.29, 0.717) is 11.3 Å². The molecule has 0 aliphatic heterocycles. The monoisotopic (exact) mass is 243 g/mol. The van der Waals surface area contributed by atoms with Crippen molar-refractivity contribution in [3.63, 3.8) is 0 Å². The van der Waals surface area contributed by atoms with Crippen molar-refractivity contribution >= 4 is 11.7 Å². The summed E-state index contributed by atoms with van der Waals surface area (Å²) in [6.07, 6.45) is 3.49. The maximum atomic E-state index is 11.6. The van der Waals surface area contributed by atoms with E-state index in [-0.39, 0.29) is 11.4 Å². The van der Waals surface area contributed by atoms with Gasteiger partial charge in [-0.2, -0.15) is 5.26 Å². The Morgan fingerprint density at radius 1 is 1.33 bits per heavy atom. The van der Waals surface area contributed by atoms with Crippen LogP contribution >= 0.6 is 0 Å². The molecule has 0 aromatic heterocycles. The van der Waals surface area contributed by atoms with Gasteiger partial charge in [0.15, 0.2) is 0 Å². The van der Waals surface area contributed by atoms with E-state index in [1.165, 1.54) is 0 Å². The first kappa shape index (κ1) is 13.8. The number of carbonyl (C=O) groups excluding carboxylic acids is 1. The van der Waals surface area contributed by atoms with Gasteiger partial charge in [-0.1, -0.05) is 39.0 Å². The molecule has 1 aromatic rings. The lowest BCUT2D eigenvalue weighted by Crippen LogP contribution is -2.24. The molecule has 1 rings (SSSR count). The number of rotatable bonds is 2. The van der Waals surface area contributed by atoms with Crippen molar-refractivity contribution in [2.75, 3.05) is 5.32 Å². The molecule has 94 valence electrons. The highest BCUT2D eigenvalue weighted by Crippen LogP contribution is 2.14. The summed E-state index contributed by atoms with van der Waals surface area (Å²) in [4.78, 5) is 11.6. The number of nitrogens with one attached hydrogen (secondary N) is 2. The lowest BCUT2D eigenvalue weighted by atomic mass is 9.97. The van der Waals surface area contributed by atoms with Crippen LogP contribution in [0.1, 0.15) is 26.3 Å². The van der Waals surface area contributed by atoms with Crippen LogP contribution in [0.25, 0.3) is 0 Å². The first-order valence-corrected chi connectivity index (χ1v) is 5.67. The van der Waals surface area contributed by atoms with Gasteiger partial charge in [0.05, 0.1) is 11.3 Å². The minimum absolute atomic E-state index is 0.0117. The normalized spacial score (nSPS) is 11.0. The number of para-hydroxylation sites is 1. The molecule has 0 fully saturated rings. The summed E-state index contributed by atoms with van der Waals surface area (Å²) >= 11 is 0. The van der Waals surface area contributed by atoms with Crippen LogP contribution in [0.15, 0.2) is 36.5 Å². The van der Waals surface area contributed by atoms with Gasteiger partial charge in [-0.05, 0) is 17.5 Å². The van der Waals surface area contributed by atoms with E-state index < -0.39 is 0 Å². The zero-order valence-electron chi connectivity index (χ0n) is 10.8. The molecule has 0 saturated heterocycles. The van der Waals surface area contributed by atoms with Crippen molar-refractivity contribution < 1.29 is 4.79 Å². The molecule has 0 radical (unpaired) electrons. The Labute approximate surface area is 107 Å². The van der Waals surface area contributed by atoms with Crippen molar-refractivity contribution in [1.82, 2.24) is 5.32 Å². The van der Waals surface area contributed by atoms with Crippen LogP contribution in [0, 0.1) is 16.7 Å². The summed E-state index contributed by atoms with van der Waals surface area (Å²) < 4.78 is 0. The van der Waals surface area contributed by atoms with Crippen LogP contribution in [0.3, 0.4) is 0 Å². The minimum Gasteiger partial charge on any atom is -0.315 e. The zero-order chi connectivity index (χ0) is 13.6. The van der Waals surface area contributed by atoms with E-state index in [1.54, 1.807) is 30.5 Å². The number of allylic oxidation sites excluding steroid dienone is 1. The molecule has 0 aliphatic carbocycles. The lowest BCUT2D eigenvalue weighted by molar-refractivity contribution is 0.255. The summed E-state index contributed by atoms with van der Waals surface area (Å²) in [5, 5.41) is 14.1. The number of hydrogen-bond donors (Lipinski definition) is 2. The molecule has 0 saturated carbocycles. The second-order valence-electron chi connectivity index (χ2n) is 4.96. The molecule has 4 heteroatoms. The molecule has 18 heavy (non-hydrogen) atoms. The Morgan fingerprint density at radius 3 is 2.61 bits per heavy atom. The van der Waals surface area contributed by atoms with Gasteiger partial charge in [-0.3, -0.25) is 0 Å². The van der Waals surface area contributed by atoms with Gasteiger partial charge < -0.3 is 10.6 Å². The number of benzene rings is 1. The fourth-order valence-electron chi connectivity index (χ4n) is 1.22. The highest BCUT2D eigenvalue weighted by atomic mass is 16.2. The average molecular weight is 243 g/mol. The molecule has 0 heterocycles. The summed E-state index contributed by atoms with van der Waals surface area (Å²) in [7, 11) is 0. The molecule has 1 aromatic carbocycles. The van der Waals surface area contributed by atoms with Crippen LogP contribution in [-0.2, 0) is 0 Å². The number of carbonyl (C=O) groups is 1. The predicted octanol–water partition coefficient (Wildman–Crippen LogP) is 3.24. The molecular weight excluding hydrogens is 226 g/mol. The van der Waals surface area contributed by atoms with Gasteiger partial charge >= 0.3 is 6.03 Å². The minimum atomic E-state index is -0.363. The zero-order valence-corrected chi connectivity index (χ0v) is 10.8. The number of anilines is 1. The lowest BCUT2D eigenvalue weighted by Gasteiger charge is -2.11. The van der Waals surface area contributed by atoms with E-state index in [9.17, 15) is 4.79 Å². The maximum Gasteiger partial charge on any atom is 0.323 e. The molecular formula is C14H17N3O. The standard InChI is InChI=1S/C14H17N3O/c1-14(2,3)8-9-16-13(18)17-12-7-5-4-6-11(12)10-15/h4-9H,1-3H3,(H2,16,17,18)/b9-8+. The highest BCUT2D eigenvalue weighted by Gasteiger charge is 2.06. The summed E-state index contributed by atoms with van der Waals surface area (Å²) in [6, 6.07) is 8.51. The Bertz CT molecular complexity index is 492. The Balaban J connectivity index is 2.61. The number of nitriles is 1. The molecule has 2 N–H and O–H groups in total. The third-order valence-corrected chi connectivity index (χ3v) is 2.09. The van der Waals surface area contributed by atoms with E-state index >= 15 is 0 Å². The van der Waals surface area contributed by atoms with E-state index in [0.717, 1.165) is 0 Å². The molecule has 4 nitrogen and oxygen atoms in total. The first-order valence-electron chi connectivity index (χ1n) is 5.67. The molecule has 0 unspecified atom stereocenters. The average Bonchev–Trinajstić information content (AvgIpc) is 2.28. The smallest absolute Gasteiger partial charge is 0.315 e. The van der Waals surface area contributed by atoms with Crippen LogP contribution in [0.2, 0.25) is 0 Å².